The van der Waals surface area contributed by atoms with E-state index in [1.807, 2.05) is 29.6 Å². The number of amides is 3. The van der Waals surface area contributed by atoms with Crippen LogP contribution in [0.5, 0.6) is 0 Å². The molecule has 4 atom stereocenters. The highest BCUT2D eigenvalue weighted by atomic mass is 16.4. The maximum absolute atomic E-state index is 12.5. The molecule has 1 aromatic heterocycles. The number of carboxylic acids is 2. The smallest absolute Gasteiger partial charge is 0.328 e. The molecular formula is C21H27N5O9. The van der Waals surface area contributed by atoms with Gasteiger partial charge in [0.25, 0.3) is 0 Å². The Hall–Kier alpha value is -4.01. The minimum absolute atomic E-state index is 0.109. The minimum Gasteiger partial charge on any atom is -0.481 e. The lowest BCUT2D eigenvalue weighted by molar-refractivity contribution is -0.144. The first-order valence-corrected chi connectivity index (χ1v) is 10.4. The molecule has 2 rings (SSSR count). The van der Waals surface area contributed by atoms with E-state index in [-0.39, 0.29) is 6.42 Å². The van der Waals surface area contributed by atoms with Crippen LogP contribution in [0.15, 0.2) is 30.5 Å². The predicted octanol–water partition coefficient (Wildman–Crippen LogP) is -2.96. The van der Waals surface area contributed by atoms with Gasteiger partial charge in [0.15, 0.2) is 0 Å². The van der Waals surface area contributed by atoms with Gasteiger partial charge in [-0.2, -0.15) is 0 Å². The van der Waals surface area contributed by atoms with E-state index < -0.39 is 73.5 Å². The van der Waals surface area contributed by atoms with Gasteiger partial charge < -0.3 is 47.1 Å². The summed E-state index contributed by atoms with van der Waals surface area (Å²) < 4.78 is 0. The number of aliphatic carboxylic acids is 2. The Morgan fingerprint density at radius 3 is 2.03 bits per heavy atom. The van der Waals surface area contributed by atoms with Crippen LogP contribution in [0.1, 0.15) is 12.0 Å². The molecule has 10 N–H and O–H groups in total. The van der Waals surface area contributed by atoms with Crippen molar-refractivity contribution in [3.05, 3.63) is 36.0 Å². The molecule has 0 aliphatic rings. The van der Waals surface area contributed by atoms with Crippen LogP contribution in [0.3, 0.4) is 0 Å². The summed E-state index contributed by atoms with van der Waals surface area (Å²) in [5.41, 5.74) is 7.55. The van der Waals surface area contributed by atoms with Crippen molar-refractivity contribution in [3.8, 4) is 0 Å². The van der Waals surface area contributed by atoms with Gasteiger partial charge in [-0.25, -0.2) is 4.79 Å². The number of aliphatic hydroxyl groups excluding tert-OH is 2. The molecule has 35 heavy (non-hydrogen) atoms. The molecule has 0 saturated heterocycles. The van der Waals surface area contributed by atoms with Gasteiger partial charge in [-0.05, 0) is 18.1 Å². The summed E-state index contributed by atoms with van der Waals surface area (Å²) >= 11 is 0. The molecule has 0 fully saturated rings. The number of nitrogens with two attached hydrogens (primary N) is 1. The molecule has 2 aromatic rings. The third-order valence-corrected chi connectivity index (χ3v) is 5.08. The molecule has 14 heteroatoms. The quantitative estimate of drug-likeness (QED) is 0.137. The maximum atomic E-state index is 12.5. The van der Waals surface area contributed by atoms with E-state index in [9.17, 15) is 29.1 Å². The fraction of sp³-hybridized carbons (Fsp3) is 0.381. The summed E-state index contributed by atoms with van der Waals surface area (Å²) in [5, 5.41) is 43.6. The third-order valence-electron chi connectivity index (χ3n) is 5.08. The van der Waals surface area contributed by atoms with E-state index in [1.54, 1.807) is 6.20 Å². The average Bonchev–Trinajstić information content (AvgIpc) is 3.22. The van der Waals surface area contributed by atoms with Crippen molar-refractivity contribution in [3.63, 3.8) is 0 Å². The van der Waals surface area contributed by atoms with Crippen LogP contribution >= 0.6 is 0 Å². The van der Waals surface area contributed by atoms with Gasteiger partial charge in [-0.3, -0.25) is 19.2 Å². The molecule has 0 saturated carbocycles. The summed E-state index contributed by atoms with van der Waals surface area (Å²) in [7, 11) is 0. The Balaban J connectivity index is 2.04. The van der Waals surface area contributed by atoms with Gasteiger partial charge in [-0.1, -0.05) is 18.2 Å². The first kappa shape index (κ1) is 27.2. The number of carbonyl (C=O) groups is 5. The van der Waals surface area contributed by atoms with Crippen molar-refractivity contribution < 1.29 is 44.4 Å². The van der Waals surface area contributed by atoms with Crippen LogP contribution in [0, 0.1) is 0 Å². The molecule has 190 valence electrons. The Kier molecular flexibility index (Phi) is 9.69. The van der Waals surface area contributed by atoms with Crippen molar-refractivity contribution >= 4 is 40.6 Å². The predicted molar refractivity (Wildman–Crippen MR) is 120 cm³/mol. The number of H-pyrrole nitrogens is 1. The van der Waals surface area contributed by atoms with Crippen LogP contribution in [-0.4, -0.2) is 92.5 Å². The van der Waals surface area contributed by atoms with Crippen LogP contribution in [0.4, 0.5) is 0 Å². The number of aliphatic hydroxyl groups is 2. The minimum atomic E-state index is -1.75. The van der Waals surface area contributed by atoms with Gasteiger partial charge in [0.2, 0.25) is 17.7 Å². The zero-order valence-corrected chi connectivity index (χ0v) is 18.4. The largest absolute Gasteiger partial charge is 0.481 e. The normalized spacial score (nSPS) is 14.4. The SMILES string of the molecule is NC(Cc1c[nH]c2ccccc12)C(=O)NC(CO)C(=O)NC(CC(=O)O)C(=O)NC(CO)C(=O)O. The number of rotatable bonds is 13. The van der Waals surface area contributed by atoms with E-state index in [0.29, 0.717) is 0 Å². The van der Waals surface area contributed by atoms with E-state index >= 15 is 0 Å². The molecule has 1 aromatic carbocycles. The fourth-order valence-corrected chi connectivity index (χ4v) is 3.22. The summed E-state index contributed by atoms with van der Waals surface area (Å²) in [6.07, 6.45) is 0.874. The highest BCUT2D eigenvalue weighted by Gasteiger charge is 2.31. The van der Waals surface area contributed by atoms with Gasteiger partial charge in [0.05, 0.1) is 25.7 Å². The van der Waals surface area contributed by atoms with E-state index in [0.717, 1.165) is 16.5 Å². The highest BCUT2D eigenvalue weighted by Crippen LogP contribution is 2.18. The number of benzene rings is 1. The molecule has 0 spiro atoms. The second-order valence-electron chi connectivity index (χ2n) is 7.65. The Labute approximate surface area is 198 Å². The summed E-state index contributed by atoms with van der Waals surface area (Å²) in [6.45, 7) is -1.87. The maximum Gasteiger partial charge on any atom is 0.328 e. The first-order chi connectivity index (χ1) is 16.6. The van der Waals surface area contributed by atoms with Crippen molar-refractivity contribution in [1.29, 1.82) is 0 Å². The van der Waals surface area contributed by atoms with Crippen molar-refractivity contribution in [2.24, 2.45) is 5.73 Å². The van der Waals surface area contributed by atoms with Crippen molar-refractivity contribution in [2.45, 2.75) is 37.0 Å². The second kappa shape index (κ2) is 12.5. The molecule has 0 aliphatic carbocycles. The molecular weight excluding hydrogens is 466 g/mol. The van der Waals surface area contributed by atoms with E-state index in [2.05, 4.69) is 15.6 Å². The number of para-hydroxylation sites is 1. The van der Waals surface area contributed by atoms with Crippen LogP contribution in [0.2, 0.25) is 0 Å². The lowest BCUT2D eigenvalue weighted by Gasteiger charge is -2.23. The second-order valence-corrected chi connectivity index (χ2v) is 7.65. The van der Waals surface area contributed by atoms with Crippen LogP contribution in [-0.2, 0) is 30.4 Å². The third kappa shape index (κ3) is 7.49. The average molecular weight is 493 g/mol. The lowest BCUT2D eigenvalue weighted by Crippen LogP contribution is -2.58. The Bertz CT molecular complexity index is 1090. The van der Waals surface area contributed by atoms with Crippen molar-refractivity contribution in [2.75, 3.05) is 13.2 Å². The number of nitrogens with one attached hydrogen (secondary N) is 4. The molecule has 4 unspecified atom stereocenters. The number of hydrogen-bond acceptors (Lipinski definition) is 8. The number of aromatic nitrogens is 1. The standard InChI is InChI=1S/C21H27N5O9/c22-12(5-10-7-23-13-4-2-1-3-11(10)13)18(31)25-15(8-27)20(33)24-14(6-17(29)30)19(32)26-16(9-28)21(34)35/h1-4,7,12,14-16,23,27-28H,5-6,8-9,22H2,(H,24,33)(H,25,31)(H,26,32)(H,29,30)(H,34,35). The number of carbonyl (C=O) groups excluding carboxylic acids is 3. The lowest BCUT2D eigenvalue weighted by atomic mass is 10.0. The van der Waals surface area contributed by atoms with E-state index in [1.165, 1.54) is 0 Å². The van der Waals surface area contributed by atoms with Gasteiger partial charge >= 0.3 is 11.9 Å². The Morgan fingerprint density at radius 2 is 1.43 bits per heavy atom. The number of hydrogen-bond donors (Lipinski definition) is 9. The summed E-state index contributed by atoms with van der Waals surface area (Å²) in [5.74, 6) is -6.15. The first-order valence-electron chi connectivity index (χ1n) is 10.4. The number of aromatic amines is 1. The molecule has 3 amide bonds. The molecule has 14 nitrogen and oxygen atoms in total. The highest BCUT2D eigenvalue weighted by molar-refractivity contribution is 5.96. The fourth-order valence-electron chi connectivity index (χ4n) is 3.22. The molecule has 0 radical (unpaired) electrons. The monoisotopic (exact) mass is 493 g/mol. The zero-order valence-electron chi connectivity index (χ0n) is 18.4. The Morgan fingerprint density at radius 1 is 0.857 bits per heavy atom. The molecule has 0 bridgehead atoms. The topological polar surface area (TPSA) is 244 Å². The van der Waals surface area contributed by atoms with Crippen molar-refractivity contribution in [1.82, 2.24) is 20.9 Å². The zero-order chi connectivity index (χ0) is 26.1. The van der Waals surface area contributed by atoms with Gasteiger partial charge in [0, 0.05) is 17.1 Å². The molecule has 0 aliphatic heterocycles. The molecule has 1 heterocycles. The van der Waals surface area contributed by atoms with E-state index in [4.69, 9.17) is 21.1 Å². The van der Waals surface area contributed by atoms with Crippen LogP contribution < -0.4 is 21.7 Å². The summed E-state index contributed by atoms with van der Waals surface area (Å²) in [4.78, 5) is 62.5. The number of carboxylic acid groups (broad SMARTS) is 2. The number of fused-ring (bicyclic) bond motifs is 1. The van der Waals surface area contributed by atoms with Crippen LogP contribution in [0.25, 0.3) is 10.9 Å². The summed E-state index contributed by atoms with van der Waals surface area (Å²) in [6, 6.07) is 1.19. The van der Waals surface area contributed by atoms with Gasteiger partial charge in [0.1, 0.15) is 18.1 Å². The van der Waals surface area contributed by atoms with Gasteiger partial charge in [-0.15, -0.1) is 0 Å².